The Morgan fingerprint density at radius 2 is 1.00 bits per heavy atom. The van der Waals surface area contributed by atoms with E-state index in [0.29, 0.717) is 0 Å². The maximum absolute atomic E-state index is 4.42. The van der Waals surface area contributed by atoms with Gasteiger partial charge in [-0.15, -0.1) is 0 Å². The third-order valence-corrected chi connectivity index (χ3v) is 2.47. The van der Waals surface area contributed by atoms with E-state index in [1.165, 1.54) is 0 Å². The Balaban J connectivity index is 4.23. The van der Waals surface area contributed by atoms with Crippen molar-refractivity contribution < 1.29 is 0 Å². The van der Waals surface area contributed by atoms with Crippen molar-refractivity contribution in [2.75, 3.05) is 0 Å². The Hall–Kier alpha value is 0.310. The maximum atomic E-state index is 4.42. The lowest BCUT2D eigenvalue weighted by molar-refractivity contribution is 0.160. The molecule has 10 heavy (non-hydrogen) atoms. The molecule has 0 heterocycles. The molecule has 0 aliphatic rings. The summed E-state index contributed by atoms with van der Waals surface area (Å²) in [5, 5.41) is 0. The summed E-state index contributed by atoms with van der Waals surface area (Å²) in [5.74, 6) is 0. The molecule has 0 bridgehead atoms. The average molecular weight is 161 g/mol. The van der Waals surface area contributed by atoms with Crippen LogP contribution in [0, 0.1) is 0 Å². The van der Waals surface area contributed by atoms with Crippen molar-refractivity contribution in [1.29, 1.82) is 0 Å². The molecular formula is C8H19NS. The second kappa shape index (κ2) is 2.74. The molecule has 0 aromatic heterocycles. The molecule has 0 aliphatic heterocycles. The van der Waals surface area contributed by atoms with E-state index < -0.39 is 0 Å². The van der Waals surface area contributed by atoms with Gasteiger partial charge in [-0.2, -0.15) is 0 Å². The van der Waals surface area contributed by atoms with E-state index >= 15 is 0 Å². The highest BCUT2D eigenvalue weighted by atomic mass is 32.1. The summed E-state index contributed by atoms with van der Waals surface area (Å²) in [6, 6.07) is 0. The lowest BCUT2D eigenvalue weighted by atomic mass is 10.0. The zero-order valence-corrected chi connectivity index (χ0v) is 8.79. The first-order chi connectivity index (χ1) is 4.15. The third kappa shape index (κ3) is 2.93. The molecule has 62 valence electrons. The first-order valence-electron chi connectivity index (χ1n) is 3.65. The van der Waals surface area contributed by atoms with Crippen LogP contribution in [0.2, 0.25) is 0 Å². The zero-order chi connectivity index (χ0) is 8.58. The number of hydrogen-bond donors (Lipinski definition) is 1. The number of nitrogens with zero attached hydrogens (tertiary/aromatic N) is 1. The molecule has 0 amide bonds. The number of rotatable bonds is 0. The molecular weight excluding hydrogens is 142 g/mol. The van der Waals surface area contributed by atoms with Crippen molar-refractivity contribution in [3.05, 3.63) is 0 Å². The van der Waals surface area contributed by atoms with Gasteiger partial charge < -0.3 is 0 Å². The topological polar surface area (TPSA) is 3.24 Å². The van der Waals surface area contributed by atoms with E-state index in [1.807, 2.05) is 0 Å². The van der Waals surface area contributed by atoms with Gasteiger partial charge in [-0.1, -0.05) is 12.8 Å². The molecule has 2 heteroatoms. The maximum Gasteiger partial charge on any atom is 0.0232 e. The standard InChI is InChI=1S/C8H19NS/c1-7(2,3)9(10)8(4,5)6/h10H,1-6H3. The summed E-state index contributed by atoms with van der Waals surface area (Å²) in [4.78, 5) is 0. The highest BCUT2D eigenvalue weighted by molar-refractivity contribution is 7.77. The fraction of sp³-hybridized carbons (Fsp3) is 1.00. The monoisotopic (exact) mass is 161 g/mol. The Bertz CT molecular complexity index is 93.4. The molecule has 1 nitrogen and oxygen atoms in total. The Morgan fingerprint density at radius 1 is 0.800 bits per heavy atom. The summed E-state index contributed by atoms with van der Waals surface area (Å²) in [7, 11) is 0. The van der Waals surface area contributed by atoms with Crippen molar-refractivity contribution in [3.8, 4) is 0 Å². The molecule has 0 fully saturated rings. The Morgan fingerprint density at radius 3 is 1.00 bits per heavy atom. The minimum absolute atomic E-state index is 0.140. The van der Waals surface area contributed by atoms with Crippen LogP contribution in [0.4, 0.5) is 0 Å². The van der Waals surface area contributed by atoms with Gasteiger partial charge in [0.05, 0.1) is 0 Å². The first kappa shape index (κ1) is 10.3. The SMILES string of the molecule is CC(C)(C)N(S)C(C)(C)C. The third-order valence-electron chi connectivity index (χ3n) is 1.27. The highest BCUT2D eigenvalue weighted by Gasteiger charge is 2.28. The quantitative estimate of drug-likeness (QED) is 0.535. The van der Waals surface area contributed by atoms with Crippen LogP contribution in [0.3, 0.4) is 0 Å². The van der Waals surface area contributed by atoms with Crippen LogP contribution in [0.5, 0.6) is 0 Å². The van der Waals surface area contributed by atoms with E-state index in [4.69, 9.17) is 0 Å². The molecule has 0 N–H and O–H groups in total. The van der Waals surface area contributed by atoms with Crippen LogP contribution in [-0.2, 0) is 0 Å². The molecule has 0 rings (SSSR count). The van der Waals surface area contributed by atoms with Gasteiger partial charge in [0.1, 0.15) is 0 Å². The van der Waals surface area contributed by atoms with E-state index in [0.717, 1.165) is 0 Å². The summed E-state index contributed by atoms with van der Waals surface area (Å²) in [6.45, 7) is 12.9. The minimum Gasteiger partial charge on any atom is -0.243 e. The van der Waals surface area contributed by atoms with Crippen LogP contribution in [0.1, 0.15) is 41.5 Å². The summed E-state index contributed by atoms with van der Waals surface area (Å²) >= 11 is 4.42. The lowest BCUT2D eigenvalue weighted by Crippen LogP contribution is -2.46. The molecule has 0 aromatic carbocycles. The predicted molar refractivity (Wildman–Crippen MR) is 50.3 cm³/mol. The van der Waals surface area contributed by atoms with E-state index in [9.17, 15) is 0 Å². The Labute approximate surface area is 70.3 Å². The fourth-order valence-corrected chi connectivity index (χ4v) is 1.01. The van der Waals surface area contributed by atoms with Crippen LogP contribution in [0.15, 0.2) is 0 Å². The van der Waals surface area contributed by atoms with Crippen molar-refractivity contribution in [3.63, 3.8) is 0 Å². The van der Waals surface area contributed by atoms with E-state index in [-0.39, 0.29) is 11.1 Å². The lowest BCUT2D eigenvalue weighted by Gasteiger charge is -2.40. The summed E-state index contributed by atoms with van der Waals surface area (Å²) in [6.07, 6.45) is 0. The highest BCUT2D eigenvalue weighted by Crippen LogP contribution is 2.25. The van der Waals surface area contributed by atoms with Crippen molar-refractivity contribution in [1.82, 2.24) is 4.31 Å². The van der Waals surface area contributed by atoms with Crippen molar-refractivity contribution in [2.24, 2.45) is 0 Å². The second-order valence-electron chi connectivity index (χ2n) is 4.65. The number of thiol groups is 1. The van der Waals surface area contributed by atoms with Gasteiger partial charge >= 0.3 is 0 Å². The number of hydrogen-bond acceptors (Lipinski definition) is 2. The second-order valence-corrected chi connectivity index (χ2v) is 5.05. The van der Waals surface area contributed by atoms with Gasteiger partial charge in [0.25, 0.3) is 0 Å². The smallest absolute Gasteiger partial charge is 0.0232 e. The summed E-state index contributed by atoms with van der Waals surface area (Å²) in [5.41, 5.74) is 0.280. The van der Waals surface area contributed by atoms with Crippen LogP contribution in [0.25, 0.3) is 0 Å². The molecule has 0 saturated carbocycles. The molecule has 0 aliphatic carbocycles. The normalized spacial score (nSPS) is 14.4. The summed E-state index contributed by atoms with van der Waals surface area (Å²) < 4.78 is 2.07. The van der Waals surface area contributed by atoms with Gasteiger partial charge in [-0.3, -0.25) is 0 Å². The van der Waals surface area contributed by atoms with Gasteiger partial charge in [-0.25, -0.2) is 4.31 Å². The van der Waals surface area contributed by atoms with Crippen molar-refractivity contribution in [2.45, 2.75) is 52.6 Å². The molecule has 0 saturated heterocycles. The van der Waals surface area contributed by atoms with E-state index in [1.54, 1.807) is 0 Å². The largest absolute Gasteiger partial charge is 0.243 e. The van der Waals surface area contributed by atoms with E-state index in [2.05, 4.69) is 58.7 Å². The molecule has 0 unspecified atom stereocenters. The van der Waals surface area contributed by atoms with Gasteiger partial charge in [0.2, 0.25) is 0 Å². The molecule has 0 radical (unpaired) electrons. The minimum atomic E-state index is 0.140. The van der Waals surface area contributed by atoms with Gasteiger partial charge in [-0.05, 0) is 41.5 Å². The van der Waals surface area contributed by atoms with Gasteiger partial charge in [0, 0.05) is 11.1 Å². The predicted octanol–water partition coefficient (Wildman–Crippen LogP) is 2.73. The fourth-order valence-electron chi connectivity index (χ4n) is 1.01. The van der Waals surface area contributed by atoms with Crippen LogP contribution < -0.4 is 0 Å². The molecule has 0 spiro atoms. The average Bonchev–Trinajstić information content (AvgIpc) is 1.59. The van der Waals surface area contributed by atoms with Gasteiger partial charge in [0.15, 0.2) is 0 Å². The van der Waals surface area contributed by atoms with Crippen LogP contribution in [-0.4, -0.2) is 15.4 Å². The zero-order valence-electron chi connectivity index (χ0n) is 7.89. The molecule has 0 aromatic rings. The van der Waals surface area contributed by atoms with Crippen molar-refractivity contribution >= 4 is 12.8 Å². The first-order valence-corrected chi connectivity index (χ1v) is 4.05. The van der Waals surface area contributed by atoms with Crippen LogP contribution >= 0.6 is 12.8 Å². The molecule has 0 atom stereocenters. The Kier molecular flexibility index (Phi) is 2.83.